The minimum Gasteiger partial charge on any atom is -0.363 e. The number of anilines is 2. The van der Waals surface area contributed by atoms with Gasteiger partial charge >= 0.3 is 0 Å². The maximum Gasteiger partial charge on any atom is 0.260 e. The number of aromatic nitrogens is 5. The van der Waals surface area contributed by atoms with E-state index in [0.717, 1.165) is 29.4 Å². The van der Waals surface area contributed by atoms with E-state index in [1.165, 1.54) is 12.8 Å². The van der Waals surface area contributed by atoms with E-state index in [1.54, 1.807) is 11.2 Å². The fourth-order valence-corrected chi connectivity index (χ4v) is 3.80. The van der Waals surface area contributed by atoms with Crippen LogP contribution in [-0.2, 0) is 19.6 Å². The van der Waals surface area contributed by atoms with Gasteiger partial charge in [-0.1, -0.05) is 6.07 Å². The highest BCUT2D eigenvalue weighted by Gasteiger charge is 2.33. The molecule has 3 aromatic heterocycles. The summed E-state index contributed by atoms with van der Waals surface area (Å²) in [7, 11) is 3.80. The lowest BCUT2D eigenvalue weighted by molar-refractivity contribution is 0.0996. The smallest absolute Gasteiger partial charge is 0.260 e. The van der Waals surface area contributed by atoms with E-state index in [9.17, 15) is 4.79 Å². The van der Waals surface area contributed by atoms with E-state index in [0.29, 0.717) is 29.5 Å². The highest BCUT2D eigenvalue weighted by Crippen LogP contribution is 2.33. The fourth-order valence-electron chi connectivity index (χ4n) is 3.80. The van der Waals surface area contributed by atoms with Crippen LogP contribution in [0.5, 0.6) is 0 Å². The van der Waals surface area contributed by atoms with Crippen LogP contribution in [-0.4, -0.2) is 44.7 Å². The van der Waals surface area contributed by atoms with Crippen LogP contribution in [0.15, 0.2) is 30.6 Å². The summed E-state index contributed by atoms with van der Waals surface area (Å²) in [5, 5.41) is 8.34. The number of amides is 1. The topological polar surface area (TPSA) is 106 Å². The van der Waals surface area contributed by atoms with Crippen LogP contribution in [0.2, 0.25) is 0 Å². The van der Waals surface area contributed by atoms with Crippen molar-refractivity contribution in [3.8, 4) is 11.5 Å². The normalized spacial score (nSPS) is 15.6. The average Bonchev–Trinajstić information content (AvgIpc) is 3.34. The number of carbonyl (C=O) groups is 1. The van der Waals surface area contributed by atoms with Crippen molar-refractivity contribution in [3.05, 3.63) is 47.4 Å². The molecule has 9 nitrogen and oxygen atoms in total. The van der Waals surface area contributed by atoms with Gasteiger partial charge in [0.25, 0.3) is 5.91 Å². The molecule has 0 aromatic carbocycles. The van der Waals surface area contributed by atoms with Gasteiger partial charge in [-0.2, -0.15) is 0 Å². The van der Waals surface area contributed by atoms with Crippen LogP contribution < -0.4 is 15.5 Å². The third-order valence-corrected chi connectivity index (χ3v) is 5.65. The lowest BCUT2D eigenvalue weighted by Gasteiger charge is -2.15. The van der Waals surface area contributed by atoms with Crippen LogP contribution in [0.1, 0.15) is 34.5 Å². The van der Waals surface area contributed by atoms with E-state index < -0.39 is 0 Å². The van der Waals surface area contributed by atoms with Crippen LogP contribution in [0, 0.1) is 5.92 Å². The Balaban J connectivity index is 1.49. The molecule has 4 heterocycles. The first-order chi connectivity index (χ1) is 14.5. The monoisotopic (exact) mass is 404 g/mol. The molecule has 0 atom stereocenters. The number of nitrogens with two attached hydrogens (primary N) is 1. The summed E-state index contributed by atoms with van der Waals surface area (Å²) in [6.07, 6.45) is 4.25. The lowest BCUT2D eigenvalue weighted by Crippen LogP contribution is -2.24. The van der Waals surface area contributed by atoms with Gasteiger partial charge in [0.15, 0.2) is 5.82 Å². The standard InChI is InChI=1S/C21H24N8O/c1-27(2)19-8-14-15(17(9-22)25-19)11-29(21(14)30)18-5-3-4-16(24-18)20-26-23-12-28(20)10-13-6-7-13/h3-5,8,12-13H,6-7,9-11,22H2,1-2H3. The van der Waals surface area contributed by atoms with Crippen molar-refractivity contribution in [1.82, 2.24) is 24.7 Å². The first-order valence-electron chi connectivity index (χ1n) is 10.1. The molecule has 9 heteroatoms. The zero-order valence-corrected chi connectivity index (χ0v) is 17.1. The summed E-state index contributed by atoms with van der Waals surface area (Å²) in [4.78, 5) is 26.1. The van der Waals surface area contributed by atoms with Gasteiger partial charge in [-0.25, -0.2) is 9.97 Å². The zero-order chi connectivity index (χ0) is 20.8. The van der Waals surface area contributed by atoms with E-state index >= 15 is 0 Å². The molecule has 0 spiro atoms. The molecule has 1 aliphatic heterocycles. The zero-order valence-electron chi connectivity index (χ0n) is 17.1. The van der Waals surface area contributed by atoms with E-state index in [4.69, 9.17) is 10.7 Å². The Kier molecular flexibility index (Phi) is 4.47. The van der Waals surface area contributed by atoms with Gasteiger partial charge in [0.05, 0.1) is 17.8 Å². The predicted octanol–water partition coefficient (Wildman–Crippen LogP) is 1.83. The Bertz CT molecular complexity index is 1120. The quantitative estimate of drug-likeness (QED) is 0.668. The highest BCUT2D eigenvalue weighted by atomic mass is 16.2. The third kappa shape index (κ3) is 3.21. The van der Waals surface area contributed by atoms with Crippen LogP contribution >= 0.6 is 0 Å². The second kappa shape index (κ2) is 7.17. The average molecular weight is 404 g/mol. The number of hydrogen-bond donors (Lipinski definition) is 1. The van der Waals surface area contributed by atoms with Crippen LogP contribution in [0.3, 0.4) is 0 Å². The SMILES string of the molecule is CN(C)c1cc2c(c(CN)n1)CN(c1cccc(-c3nncn3CC3CC3)n1)C2=O. The van der Waals surface area contributed by atoms with Crippen molar-refractivity contribution in [1.29, 1.82) is 0 Å². The number of nitrogens with zero attached hydrogens (tertiary/aromatic N) is 7. The van der Waals surface area contributed by atoms with Crippen LogP contribution in [0.25, 0.3) is 11.5 Å². The second-order valence-electron chi connectivity index (χ2n) is 8.07. The molecule has 0 bridgehead atoms. The van der Waals surface area contributed by atoms with Gasteiger partial charge in [-0.3, -0.25) is 9.69 Å². The number of fused-ring (bicyclic) bond motifs is 1. The molecule has 1 amide bonds. The predicted molar refractivity (Wildman–Crippen MR) is 113 cm³/mol. The Morgan fingerprint density at radius 1 is 1.23 bits per heavy atom. The molecular formula is C21H24N8O. The van der Waals surface area contributed by atoms with E-state index in [1.807, 2.05) is 47.8 Å². The van der Waals surface area contributed by atoms with Gasteiger partial charge in [0.2, 0.25) is 0 Å². The van der Waals surface area contributed by atoms with Crippen LogP contribution in [0.4, 0.5) is 11.6 Å². The summed E-state index contributed by atoms with van der Waals surface area (Å²) < 4.78 is 2.05. The maximum absolute atomic E-state index is 13.2. The Morgan fingerprint density at radius 2 is 2.07 bits per heavy atom. The molecule has 2 N–H and O–H groups in total. The van der Waals surface area contributed by atoms with Gasteiger partial charge < -0.3 is 15.2 Å². The Hall–Kier alpha value is -3.33. The molecule has 0 saturated heterocycles. The molecule has 1 aliphatic carbocycles. The first kappa shape index (κ1) is 18.7. The van der Waals surface area contributed by atoms with Gasteiger partial charge in [0, 0.05) is 32.7 Å². The second-order valence-corrected chi connectivity index (χ2v) is 8.07. The minimum absolute atomic E-state index is 0.0886. The third-order valence-electron chi connectivity index (χ3n) is 5.65. The summed E-state index contributed by atoms with van der Waals surface area (Å²) in [5.41, 5.74) is 8.89. The fraction of sp³-hybridized carbons (Fsp3) is 0.381. The molecule has 5 rings (SSSR count). The Morgan fingerprint density at radius 3 is 2.80 bits per heavy atom. The van der Waals surface area contributed by atoms with Crippen molar-refractivity contribution in [2.45, 2.75) is 32.5 Å². The summed E-state index contributed by atoms with van der Waals surface area (Å²) in [6, 6.07) is 7.48. The molecule has 0 unspecified atom stereocenters. The highest BCUT2D eigenvalue weighted by molar-refractivity contribution is 6.10. The number of hydrogen-bond acceptors (Lipinski definition) is 7. The maximum atomic E-state index is 13.2. The number of rotatable bonds is 6. The largest absolute Gasteiger partial charge is 0.363 e. The first-order valence-corrected chi connectivity index (χ1v) is 10.1. The number of carbonyl (C=O) groups excluding carboxylic acids is 1. The lowest BCUT2D eigenvalue weighted by atomic mass is 10.1. The van der Waals surface area contributed by atoms with Crippen molar-refractivity contribution in [3.63, 3.8) is 0 Å². The summed E-state index contributed by atoms with van der Waals surface area (Å²) in [5.74, 6) is 2.65. The van der Waals surface area contributed by atoms with Crippen molar-refractivity contribution in [2.75, 3.05) is 23.9 Å². The molecule has 3 aromatic rings. The van der Waals surface area contributed by atoms with E-state index in [2.05, 4.69) is 15.2 Å². The van der Waals surface area contributed by atoms with Gasteiger partial charge in [0.1, 0.15) is 23.7 Å². The number of pyridine rings is 2. The minimum atomic E-state index is -0.0886. The molecule has 0 radical (unpaired) electrons. The summed E-state index contributed by atoms with van der Waals surface area (Å²) >= 11 is 0. The Labute approximate surface area is 174 Å². The molecule has 30 heavy (non-hydrogen) atoms. The molecule has 2 aliphatic rings. The molecule has 1 fully saturated rings. The van der Waals surface area contributed by atoms with Gasteiger partial charge in [-0.05, 0) is 37.0 Å². The summed E-state index contributed by atoms with van der Waals surface area (Å²) in [6.45, 7) is 1.59. The van der Waals surface area contributed by atoms with E-state index in [-0.39, 0.29) is 12.5 Å². The molecular weight excluding hydrogens is 380 g/mol. The van der Waals surface area contributed by atoms with Crippen molar-refractivity contribution >= 4 is 17.5 Å². The van der Waals surface area contributed by atoms with Crippen molar-refractivity contribution < 1.29 is 4.79 Å². The molecule has 1 saturated carbocycles. The molecule has 154 valence electrons. The van der Waals surface area contributed by atoms with Crippen molar-refractivity contribution in [2.24, 2.45) is 11.7 Å². The van der Waals surface area contributed by atoms with Gasteiger partial charge in [-0.15, -0.1) is 10.2 Å².